The molecule has 1 aliphatic rings. The largest absolute Gasteiger partial charge is 0.382 e. The highest BCUT2D eigenvalue weighted by molar-refractivity contribution is 6.07. The quantitative estimate of drug-likeness (QED) is 0.588. The molecule has 1 atom stereocenters. The standard InChI is InChI=1S/C25H31N3O4/c1-4-32-13-7-12-26-25(31)20-8-5-6-9-21(20)27-24(30)19-15-23(29)28(16-19)22-14-17(2)10-11-18(22)3/h5-6,8-11,14,19H,4,7,12-13,15-16H2,1-3H3,(H,26,31)(H,27,30). The molecule has 3 rings (SSSR count). The minimum atomic E-state index is -0.482. The maximum atomic E-state index is 13.0. The van der Waals surface area contributed by atoms with E-state index in [0.29, 0.717) is 44.0 Å². The molecule has 2 aromatic carbocycles. The van der Waals surface area contributed by atoms with Gasteiger partial charge in [0, 0.05) is 38.4 Å². The van der Waals surface area contributed by atoms with Crippen molar-refractivity contribution in [3.63, 3.8) is 0 Å². The molecule has 0 saturated carbocycles. The third-order valence-corrected chi connectivity index (χ3v) is 5.54. The van der Waals surface area contributed by atoms with Crippen LogP contribution in [0.15, 0.2) is 42.5 Å². The number of rotatable bonds is 9. The zero-order valence-corrected chi connectivity index (χ0v) is 18.9. The molecule has 3 amide bonds. The number of amides is 3. The summed E-state index contributed by atoms with van der Waals surface area (Å²) in [6.07, 6.45) is 0.859. The summed E-state index contributed by atoms with van der Waals surface area (Å²) in [4.78, 5) is 39.9. The molecule has 32 heavy (non-hydrogen) atoms. The van der Waals surface area contributed by atoms with Gasteiger partial charge < -0.3 is 20.3 Å². The second kappa shape index (κ2) is 10.9. The van der Waals surface area contributed by atoms with Crippen LogP contribution in [0.1, 0.15) is 41.3 Å². The lowest BCUT2D eigenvalue weighted by molar-refractivity contribution is -0.122. The summed E-state index contributed by atoms with van der Waals surface area (Å²) in [6, 6.07) is 12.9. The van der Waals surface area contributed by atoms with Crippen LogP contribution in [0.4, 0.5) is 11.4 Å². The lowest BCUT2D eigenvalue weighted by atomic mass is 10.1. The molecule has 1 saturated heterocycles. The summed E-state index contributed by atoms with van der Waals surface area (Å²) in [6.45, 7) is 7.90. The number of ether oxygens (including phenoxy) is 1. The predicted octanol–water partition coefficient (Wildman–Crippen LogP) is 3.45. The molecule has 1 fully saturated rings. The van der Waals surface area contributed by atoms with Crippen molar-refractivity contribution in [1.29, 1.82) is 0 Å². The number of benzene rings is 2. The molecule has 0 spiro atoms. The van der Waals surface area contributed by atoms with Gasteiger partial charge in [0.25, 0.3) is 5.91 Å². The van der Waals surface area contributed by atoms with Gasteiger partial charge >= 0.3 is 0 Å². The normalized spacial score (nSPS) is 15.7. The Balaban J connectivity index is 1.64. The average molecular weight is 438 g/mol. The number of nitrogens with zero attached hydrogens (tertiary/aromatic N) is 1. The van der Waals surface area contributed by atoms with Crippen molar-refractivity contribution in [1.82, 2.24) is 5.32 Å². The van der Waals surface area contributed by atoms with Crippen LogP contribution in [0.3, 0.4) is 0 Å². The van der Waals surface area contributed by atoms with Crippen molar-refractivity contribution in [3.05, 3.63) is 59.2 Å². The average Bonchev–Trinajstić information content (AvgIpc) is 3.17. The van der Waals surface area contributed by atoms with Gasteiger partial charge in [0.2, 0.25) is 11.8 Å². The predicted molar refractivity (Wildman–Crippen MR) is 125 cm³/mol. The van der Waals surface area contributed by atoms with Gasteiger partial charge in [-0.25, -0.2) is 0 Å². The molecule has 170 valence electrons. The van der Waals surface area contributed by atoms with Crippen LogP contribution in [-0.2, 0) is 14.3 Å². The van der Waals surface area contributed by atoms with E-state index < -0.39 is 5.92 Å². The van der Waals surface area contributed by atoms with E-state index >= 15 is 0 Å². The Morgan fingerprint density at radius 2 is 1.94 bits per heavy atom. The molecule has 0 radical (unpaired) electrons. The summed E-state index contributed by atoms with van der Waals surface area (Å²) < 4.78 is 5.28. The molecule has 7 nitrogen and oxygen atoms in total. The van der Waals surface area contributed by atoms with Crippen molar-refractivity contribution in [2.24, 2.45) is 5.92 Å². The Morgan fingerprint density at radius 1 is 1.16 bits per heavy atom. The van der Waals surface area contributed by atoms with Crippen LogP contribution in [0.5, 0.6) is 0 Å². The van der Waals surface area contributed by atoms with E-state index in [9.17, 15) is 14.4 Å². The van der Waals surface area contributed by atoms with Crippen molar-refractivity contribution in [3.8, 4) is 0 Å². The van der Waals surface area contributed by atoms with Gasteiger partial charge in [0.1, 0.15) is 0 Å². The summed E-state index contributed by atoms with van der Waals surface area (Å²) in [5, 5.41) is 5.71. The van der Waals surface area contributed by atoms with E-state index in [4.69, 9.17) is 4.74 Å². The van der Waals surface area contributed by atoms with Crippen LogP contribution in [0.2, 0.25) is 0 Å². The van der Waals surface area contributed by atoms with Crippen LogP contribution >= 0.6 is 0 Å². The molecular formula is C25H31N3O4. The molecule has 0 aromatic heterocycles. The van der Waals surface area contributed by atoms with E-state index in [1.54, 1.807) is 29.2 Å². The summed E-state index contributed by atoms with van der Waals surface area (Å²) in [7, 11) is 0. The number of hydrogen-bond acceptors (Lipinski definition) is 4. The number of para-hydroxylation sites is 1. The van der Waals surface area contributed by atoms with Gasteiger partial charge in [-0.3, -0.25) is 14.4 Å². The number of aryl methyl sites for hydroxylation is 2. The van der Waals surface area contributed by atoms with Gasteiger partial charge in [-0.2, -0.15) is 0 Å². The van der Waals surface area contributed by atoms with Gasteiger partial charge in [0.05, 0.1) is 17.2 Å². The topological polar surface area (TPSA) is 87.7 Å². The zero-order valence-electron chi connectivity index (χ0n) is 18.9. The highest BCUT2D eigenvalue weighted by Gasteiger charge is 2.36. The zero-order chi connectivity index (χ0) is 23.1. The lowest BCUT2D eigenvalue weighted by Crippen LogP contribution is -2.30. The van der Waals surface area contributed by atoms with Gasteiger partial charge in [-0.05, 0) is 56.5 Å². The molecule has 2 N–H and O–H groups in total. The third kappa shape index (κ3) is 5.73. The first-order valence-corrected chi connectivity index (χ1v) is 11.0. The van der Waals surface area contributed by atoms with Gasteiger partial charge in [-0.1, -0.05) is 24.3 Å². The smallest absolute Gasteiger partial charge is 0.253 e. The number of hydrogen-bond donors (Lipinski definition) is 2. The molecule has 0 bridgehead atoms. The monoisotopic (exact) mass is 437 g/mol. The van der Waals surface area contributed by atoms with Gasteiger partial charge in [-0.15, -0.1) is 0 Å². The van der Waals surface area contributed by atoms with Crippen LogP contribution in [0, 0.1) is 19.8 Å². The van der Waals surface area contributed by atoms with Crippen LogP contribution in [-0.4, -0.2) is 44.0 Å². The molecule has 0 aliphatic carbocycles. The molecule has 7 heteroatoms. The first-order valence-electron chi connectivity index (χ1n) is 11.0. The Labute approximate surface area is 189 Å². The number of carbonyl (C=O) groups is 3. The second-order valence-corrected chi connectivity index (χ2v) is 8.04. The SMILES string of the molecule is CCOCCCNC(=O)c1ccccc1NC(=O)C1CC(=O)N(c2cc(C)ccc2C)C1. The van der Waals surface area contributed by atoms with Crippen molar-refractivity contribution < 1.29 is 19.1 Å². The number of nitrogens with one attached hydrogen (secondary N) is 2. The molecular weight excluding hydrogens is 406 g/mol. The summed E-state index contributed by atoms with van der Waals surface area (Å²) in [5.74, 6) is -1.07. The van der Waals surface area contributed by atoms with Gasteiger partial charge in [0.15, 0.2) is 0 Å². The van der Waals surface area contributed by atoms with Crippen molar-refractivity contribution in [2.75, 3.05) is 36.5 Å². The number of anilines is 2. The Hall–Kier alpha value is -3.19. The maximum Gasteiger partial charge on any atom is 0.253 e. The first-order chi connectivity index (χ1) is 15.4. The summed E-state index contributed by atoms with van der Waals surface area (Å²) in [5.41, 5.74) is 3.74. The minimum Gasteiger partial charge on any atom is -0.382 e. The van der Waals surface area contributed by atoms with E-state index in [-0.39, 0.29) is 24.1 Å². The minimum absolute atomic E-state index is 0.0702. The lowest BCUT2D eigenvalue weighted by Gasteiger charge is -2.20. The molecule has 1 aliphatic heterocycles. The van der Waals surface area contributed by atoms with Crippen molar-refractivity contribution >= 4 is 29.1 Å². The fourth-order valence-corrected chi connectivity index (χ4v) is 3.77. The molecule has 1 unspecified atom stereocenters. The highest BCUT2D eigenvalue weighted by Crippen LogP contribution is 2.29. The Kier molecular flexibility index (Phi) is 8.00. The fraction of sp³-hybridized carbons (Fsp3) is 0.400. The van der Waals surface area contributed by atoms with E-state index in [0.717, 1.165) is 16.8 Å². The van der Waals surface area contributed by atoms with Crippen LogP contribution in [0.25, 0.3) is 0 Å². The third-order valence-electron chi connectivity index (χ3n) is 5.54. The maximum absolute atomic E-state index is 13.0. The Bertz CT molecular complexity index is 989. The number of carbonyl (C=O) groups excluding carboxylic acids is 3. The molecule has 2 aromatic rings. The summed E-state index contributed by atoms with van der Waals surface area (Å²) >= 11 is 0. The van der Waals surface area contributed by atoms with Crippen molar-refractivity contribution in [2.45, 2.75) is 33.6 Å². The van der Waals surface area contributed by atoms with E-state index in [2.05, 4.69) is 10.6 Å². The second-order valence-electron chi connectivity index (χ2n) is 8.04. The molecule has 1 heterocycles. The van der Waals surface area contributed by atoms with E-state index in [1.165, 1.54) is 0 Å². The van der Waals surface area contributed by atoms with E-state index in [1.807, 2.05) is 39.0 Å². The first kappa shape index (κ1) is 23.5. The van der Waals surface area contributed by atoms with Crippen LogP contribution < -0.4 is 15.5 Å². The highest BCUT2D eigenvalue weighted by atomic mass is 16.5. The fourth-order valence-electron chi connectivity index (χ4n) is 3.77. The Morgan fingerprint density at radius 3 is 2.72 bits per heavy atom.